The van der Waals surface area contributed by atoms with Crippen molar-refractivity contribution in [2.45, 2.75) is 11.4 Å². The molecule has 0 atom stereocenters. The van der Waals surface area contributed by atoms with Gasteiger partial charge in [0.1, 0.15) is 5.82 Å². The van der Waals surface area contributed by atoms with E-state index in [-0.39, 0.29) is 22.0 Å². The van der Waals surface area contributed by atoms with Crippen molar-refractivity contribution in [3.8, 4) is 0 Å². The predicted octanol–water partition coefficient (Wildman–Crippen LogP) is 1.24. The number of nitrogens with zero attached hydrogens (tertiary/aromatic N) is 3. The number of benzene rings is 1. The third kappa shape index (κ3) is 3.41. The number of sulfonamides is 1. The lowest BCUT2D eigenvalue weighted by atomic mass is 10.1. The molecule has 0 aliphatic rings. The largest absolute Gasteiger partial charge is 0.260 e. The van der Waals surface area contributed by atoms with Crippen molar-refractivity contribution in [3.63, 3.8) is 0 Å². The Hall–Kier alpha value is -1.32. The normalized spacial score (nSPS) is 11.8. The molecule has 0 saturated heterocycles. The van der Waals surface area contributed by atoms with E-state index >= 15 is 0 Å². The molecule has 0 amide bonds. The zero-order chi connectivity index (χ0) is 14.8. The highest BCUT2D eigenvalue weighted by atomic mass is 79.9. The minimum Gasteiger partial charge on any atom is -0.235 e. The summed E-state index contributed by atoms with van der Waals surface area (Å²) in [6.07, 6.45) is 0.461. The minimum atomic E-state index is -3.69. The number of rotatable bonds is 5. The fourth-order valence-electron chi connectivity index (χ4n) is 1.66. The summed E-state index contributed by atoms with van der Waals surface area (Å²) >= 11 is 3.04. The van der Waals surface area contributed by atoms with Crippen molar-refractivity contribution in [1.29, 1.82) is 0 Å². The zero-order valence-electron chi connectivity index (χ0n) is 10.5. The van der Waals surface area contributed by atoms with Gasteiger partial charge in [-0.15, -0.1) is 5.10 Å². The molecule has 1 aromatic carbocycles. The fraction of sp³-hybridized carbons (Fsp3) is 0.273. The molecule has 1 aromatic heterocycles. The summed E-state index contributed by atoms with van der Waals surface area (Å²) in [6.45, 7) is 0.200. The van der Waals surface area contributed by atoms with Crippen LogP contribution in [-0.2, 0) is 23.5 Å². The number of aryl methyl sites for hydroxylation is 1. The topological polar surface area (TPSA) is 76.9 Å². The van der Waals surface area contributed by atoms with Crippen molar-refractivity contribution in [3.05, 3.63) is 40.2 Å². The lowest BCUT2D eigenvalue weighted by Gasteiger charge is -2.06. The van der Waals surface area contributed by atoms with Crippen molar-refractivity contribution in [2.24, 2.45) is 7.05 Å². The first-order valence-corrected chi connectivity index (χ1v) is 7.97. The number of aromatic nitrogens is 3. The summed E-state index contributed by atoms with van der Waals surface area (Å²) in [5.74, 6) is -0.320. The first-order chi connectivity index (χ1) is 9.40. The van der Waals surface area contributed by atoms with Crippen LogP contribution in [0.25, 0.3) is 0 Å². The van der Waals surface area contributed by atoms with Crippen molar-refractivity contribution >= 4 is 26.0 Å². The molecule has 6 nitrogen and oxygen atoms in total. The maximum Gasteiger partial charge on any atom is 0.260 e. The second kappa shape index (κ2) is 5.98. The highest BCUT2D eigenvalue weighted by molar-refractivity contribution is 9.10. The molecule has 0 bridgehead atoms. The van der Waals surface area contributed by atoms with Crippen LogP contribution in [0.5, 0.6) is 0 Å². The minimum absolute atomic E-state index is 0.0309. The average Bonchev–Trinajstić information content (AvgIpc) is 2.72. The SMILES string of the molecule is Cn1nnc(Br)c1S(=O)(=O)NCCc1ccc(F)cc1. The van der Waals surface area contributed by atoms with Gasteiger partial charge in [0.15, 0.2) is 4.60 Å². The molecular weight excluding hydrogens is 351 g/mol. The molecule has 20 heavy (non-hydrogen) atoms. The Balaban J connectivity index is 2.02. The summed E-state index contributed by atoms with van der Waals surface area (Å²) in [7, 11) is -2.20. The Bertz CT molecular complexity index is 680. The molecule has 108 valence electrons. The number of hydrogen-bond donors (Lipinski definition) is 1. The lowest BCUT2D eigenvalue weighted by Crippen LogP contribution is -2.28. The molecule has 0 unspecified atom stereocenters. The Morgan fingerprint density at radius 3 is 2.55 bits per heavy atom. The molecule has 0 saturated carbocycles. The first kappa shape index (κ1) is 15.1. The van der Waals surface area contributed by atoms with E-state index in [1.54, 1.807) is 12.1 Å². The Morgan fingerprint density at radius 2 is 2.00 bits per heavy atom. The van der Waals surface area contributed by atoms with Crippen LogP contribution in [0.2, 0.25) is 0 Å². The molecule has 0 aliphatic heterocycles. The molecular formula is C11H12BrFN4O2S. The molecule has 0 aliphatic carbocycles. The Kier molecular flexibility index (Phi) is 4.51. The van der Waals surface area contributed by atoms with E-state index in [0.717, 1.165) is 5.56 Å². The number of halogens is 2. The van der Waals surface area contributed by atoms with E-state index in [9.17, 15) is 12.8 Å². The zero-order valence-corrected chi connectivity index (χ0v) is 12.9. The second-order valence-corrected chi connectivity index (χ2v) is 6.52. The summed E-state index contributed by atoms with van der Waals surface area (Å²) in [5.41, 5.74) is 0.844. The van der Waals surface area contributed by atoms with Gasteiger partial charge in [0.2, 0.25) is 5.03 Å². The number of hydrogen-bond acceptors (Lipinski definition) is 4. The summed E-state index contributed by atoms with van der Waals surface area (Å²) in [5, 5.41) is 7.21. The van der Waals surface area contributed by atoms with E-state index in [4.69, 9.17) is 0 Å². The van der Waals surface area contributed by atoms with Gasteiger partial charge in [-0.2, -0.15) is 0 Å². The average molecular weight is 363 g/mol. The molecule has 0 radical (unpaired) electrons. The monoisotopic (exact) mass is 362 g/mol. The van der Waals surface area contributed by atoms with E-state index in [1.165, 1.54) is 23.9 Å². The maximum absolute atomic E-state index is 12.7. The Labute approximate surface area is 124 Å². The molecule has 1 heterocycles. The Morgan fingerprint density at radius 1 is 1.35 bits per heavy atom. The van der Waals surface area contributed by atoms with E-state index < -0.39 is 10.0 Å². The quantitative estimate of drug-likeness (QED) is 0.867. The van der Waals surface area contributed by atoms with Crippen LogP contribution in [0.1, 0.15) is 5.56 Å². The van der Waals surface area contributed by atoms with Gasteiger partial charge in [-0.3, -0.25) is 0 Å². The summed E-state index contributed by atoms with van der Waals surface area (Å²) in [6, 6.07) is 5.91. The van der Waals surface area contributed by atoms with Gasteiger partial charge in [-0.05, 0) is 40.0 Å². The van der Waals surface area contributed by atoms with Crippen LogP contribution >= 0.6 is 15.9 Å². The second-order valence-electron chi connectivity index (χ2n) is 4.08. The predicted molar refractivity (Wildman–Crippen MR) is 74.0 cm³/mol. The molecule has 1 N–H and O–H groups in total. The van der Waals surface area contributed by atoms with Crippen LogP contribution in [-0.4, -0.2) is 30.0 Å². The summed E-state index contributed by atoms with van der Waals surface area (Å²) in [4.78, 5) is 0. The van der Waals surface area contributed by atoms with Gasteiger partial charge in [0, 0.05) is 13.6 Å². The molecule has 2 rings (SSSR count). The first-order valence-electron chi connectivity index (χ1n) is 5.69. The third-order valence-corrected chi connectivity index (χ3v) is 4.96. The van der Waals surface area contributed by atoms with E-state index in [0.29, 0.717) is 6.42 Å². The van der Waals surface area contributed by atoms with E-state index in [1.807, 2.05) is 0 Å². The van der Waals surface area contributed by atoms with Gasteiger partial charge in [0.05, 0.1) is 0 Å². The van der Waals surface area contributed by atoms with Crippen LogP contribution in [0.15, 0.2) is 33.9 Å². The van der Waals surface area contributed by atoms with Gasteiger partial charge < -0.3 is 0 Å². The highest BCUT2D eigenvalue weighted by Crippen LogP contribution is 2.17. The van der Waals surface area contributed by atoms with Gasteiger partial charge in [-0.25, -0.2) is 22.2 Å². The van der Waals surface area contributed by atoms with Gasteiger partial charge in [0.25, 0.3) is 10.0 Å². The molecule has 0 spiro atoms. The third-order valence-electron chi connectivity index (χ3n) is 2.61. The van der Waals surface area contributed by atoms with Crippen LogP contribution in [0, 0.1) is 5.82 Å². The highest BCUT2D eigenvalue weighted by Gasteiger charge is 2.23. The molecule has 9 heteroatoms. The lowest BCUT2D eigenvalue weighted by molar-refractivity contribution is 0.560. The standard InChI is InChI=1S/C11H12BrFN4O2S/c1-17-11(10(12)15-16-17)20(18,19)14-7-6-8-2-4-9(13)5-3-8/h2-5,14H,6-7H2,1H3. The smallest absolute Gasteiger partial charge is 0.235 e. The van der Waals surface area contributed by atoms with Crippen LogP contribution in [0.3, 0.4) is 0 Å². The van der Waals surface area contributed by atoms with Crippen molar-refractivity contribution in [1.82, 2.24) is 19.7 Å². The molecule has 2 aromatic rings. The fourth-order valence-corrected chi connectivity index (χ4v) is 3.78. The van der Waals surface area contributed by atoms with Crippen molar-refractivity contribution < 1.29 is 12.8 Å². The van der Waals surface area contributed by atoms with Crippen molar-refractivity contribution in [2.75, 3.05) is 6.54 Å². The van der Waals surface area contributed by atoms with Gasteiger partial charge >= 0.3 is 0 Å². The van der Waals surface area contributed by atoms with Crippen LogP contribution in [0.4, 0.5) is 4.39 Å². The van der Waals surface area contributed by atoms with E-state index in [2.05, 4.69) is 31.0 Å². The number of nitrogens with one attached hydrogen (secondary N) is 1. The van der Waals surface area contributed by atoms with Gasteiger partial charge in [-0.1, -0.05) is 17.3 Å². The summed E-state index contributed by atoms with van der Waals surface area (Å²) < 4.78 is 40.7. The molecule has 0 fully saturated rings. The maximum atomic E-state index is 12.7. The van der Waals surface area contributed by atoms with Crippen LogP contribution < -0.4 is 4.72 Å².